The quantitative estimate of drug-likeness (QED) is 0.817. The Hall–Kier alpha value is -3.09. The minimum Gasteiger partial charge on any atom is -0.459 e. The number of carbonyl (C=O) groups is 3. The Labute approximate surface area is 157 Å². The molecule has 7 heteroatoms. The van der Waals surface area contributed by atoms with Crippen LogP contribution in [0.2, 0.25) is 0 Å². The standard InChI is InChI=1S/C20H22N2O5/c1-14-7-4-5-11-22(14)18(23)13-27-20(25)15-8-2-3-9-16(15)21-19(24)17-10-6-12-26-17/h2-3,6,8-10,12,14H,4-5,7,11,13H2,1H3,(H,21,24)/t14-/m1/s1. The molecule has 1 atom stereocenters. The molecule has 142 valence electrons. The van der Waals surface area contributed by atoms with Crippen molar-refractivity contribution in [2.45, 2.75) is 32.2 Å². The van der Waals surface area contributed by atoms with E-state index in [-0.39, 0.29) is 29.9 Å². The Morgan fingerprint density at radius 1 is 1.19 bits per heavy atom. The lowest BCUT2D eigenvalue weighted by Crippen LogP contribution is -2.44. The number of nitrogens with zero attached hydrogens (tertiary/aromatic N) is 1. The highest BCUT2D eigenvalue weighted by atomic mass is 16.5. The molecule has 1 aromatic heterocycles. The smallest absolute Gasteiger partial charge is 0.340 e. The van der Waals surface area contributed by atoms with Crippen molar-refractivity contribution >= 4 is 23.5 Å². The monoisotopic (exact) mass is 370 g/mol. The van der Waals surface area contributed by atoms with Crippen LogP contribution in [-0.2, 0) is 9.53 Å². The number of carbonyl (C=O) groups excluding carboxylic acids is 3. The Bertz CT molecular complexity index is 816. The Kier molecular flexibility index (Phi) is 5.90. The fourth-order valence-electron chi connectivity index (χ4n) is 3.12. The molecule has 7 nitrogen and oxygen atoms in total. The Morgan fingerprint density at radius 3 is 2.74 bits per heavy atom. The van der Waals surface area contributed by atoms with Crippen LogP contribution in [0.4, 0.5) is 5.69 Å². The van der Waals surface area contributed by atoms with Crippen molar-refractivity contribution in [3.8, 4) is 0 Å². The molecule has 0 radical (unpaired) electrons. The van der Waals surface area contributed by atoms with E-state index in [0.29, 0.717) is 12.2 Å². The molecule has 0 bridgehead atoms. The molecule has 2 amide bonds. The van der Waals surface area contributed by atoms with Gasteiger partial charge in [0.2, 0.25) is 0 Å². The van der Waals surface area contributed by atoms with Gasteiger partial charge in [-0.25, -0.2) is 4.79 Å². The minimum atomic E-state index is -0.664. The van der Waals surface area contributed by atoms with E-state index in [4.69, 9.17) is 9.15 Å². The number of likely N-dealkylation sites (tertiary alicyclic amines) is 1. The summed E-state index contributed by atoms with van der Waals surface area (Å²) in [6.07, 6.45) is 4.42. The third-order valence-electron chi connectivity index (χ3n) is 4.59. The molecule has 0 saturated carbocycles. The van der Waals surface area contributed by atoms with Crippen molar-refractivity contribution in [1.82, 2.24) is 4.90 Å². The normalized spacial score (nSPS) is 16.6. The maximum Gasteiger partial charge on any atom is 0.340 e. The summed E-state index contributed by atoms with van der Waals surface area (Å²) in [7, 11) is 0. The van der Waals surface area contributed by atoms with Gasteiger partial charge in [-0.2, -0.15) is 0 Å². The summed E-state index contributed by atoms with van der Waals surface area (Å²) < 4.78 is 10.2. The number of esters is 1. The van der Waals surface area contributed by atoms with Crippen LogP contribution in [0.3, 0.4) is 0 Å². The summed E-state index contributed by atoms with van der Waals surface area (Å²) in [5.41, 5.74) is 0.472. The first-order valence-electron chi connectivity index (χ1n) is 8.96. The highest BCUT2D eigenvalue weighted by Gasteiger charge is 2.24. The average Bonchev–Trinajstić information content (AvgIpc) is 3.21. The molecule has 1 N–H and O–H groups in total. The topological polar surface area (TPSA) is 88.9 Å². The van der Waals surface area contributed by atoms with Crippen LogP contribution in [0.15, 0.2) is 47.1 Å². The number of hydrogen-bond acceptors (Lipinski definition) is 5. The molecule has 1 aliphatic heterocycles. The van der Waals surface area contributed by atoms with Gasteiger partial charge in [0.1, 0.15) is 0 Å². The SMILES string of the molecule is C[C@@H]1CCCCN1C(=O)COC(=O)c1ccccc1NC(=O)c1ccco1. The number of piperidine rings is 1. The predicted octanol–water partition coefficient (Wildman–Crippen LogP) is 3.09. The highest BCUT2D eigenvalue weighted by molar-refractivity contribution is 6.06. The Morgan fingerprint density at radius 2 is 2.00 bits per heavy atom. The lowest BCUT2D eigenvalue weighted by Gasteiger charge is -2.33. The first-order valence-corrected chi connectivity index (χ1v) is 8.96. The van der Waals surface area contributed by atoms with Gasteiger partial charge in [-0.05, 0) is 50.5 Å². The zero-order valence-corrected chi connectivity index (χ0v) is 15.1. The van der Waals surface area contributed by atoms with E-state index in [1.165, 1.54) is 18.4 Å². The van der Waals surface area contributed by atoms with Crippen molar-refractivity contribution in [1.29, 1.82) is 0 Å². The third-order valence-corrected chi connectivity index (χ3v) is 4.59. The molecule has 1 aromatic carbocycles. The van der Waals surface area contributed by atoms with Crippen LogP contribution in [0, 0.1) is 0 Å². The highest BCUT2D eigenvalue weighted by Crippen LogP contribution is 2.19. The molecule has 3 rings (SSSR count). The van der Waals surface area contributed by atoms with Gasteiger partial charge in [0.25, 0.3) is 11.8 Å². The van der Waals surface area contributed by atoms with Gasteiger partial charge in [0.15, 0.2) is 12.4 Å². The number of hydrogen-bond donors (Lipinski definition) is 1. The van der Waals surface area contributed by atoms with Gasteiger partial charge in [0, 0.05) is 12.6 Å². The molecule has 1 fully saturated rings. The lowest BCUT2D eigenvalue weighted by atomic mass is 10.0. The number of nitrogens with one attached hydrogen (secondary N) is 1. The van der Waals surface area contributed by atoms with Crippen LogP contribution in [0.1, 0.15) is 47.1 Å². The second kappa shape index (κ2) is 8.53. The van der Waals surface area contributed by atoms with E-state index in [9.17, 15) is 14.4 Å². The van der Waals surface area contributed by atoms with Gasteiger partial charge in [-0.15, -0.1) is 0 Å². The van der Waals surface area contributed by atoms with Crippen molar-refractivity contribution < 1.29 is 23.5 Å². The fourth-order valence-corrected chi connectivity index (χ4v) is 3.12. The minimum absolute atomic E-state index is 0.132. The van der Waals surface area contributed by atoms with E-state index in [2.05, 4.69) is 5.32 Å². The summed E-state index contributed by atoms with van der Waals surface area (Å²) in [6, 6.07) is 9.75. The lowest BCUT2D eigenvalue weighted by molar-refractivity contribution is -0.137. The number of para-hydroxylation sites is 1. The number of rotatable bonds is 5. The first kappa shape index (κ1) is 18.7. The molecule has 2 aromatic rings. The van der Waals surface area contributed by atoms with Crippen LogP contribution in [-0.4, -0.2) is 41.9 Å². The van der Waals surface area contributed by atoms with Gasteiger partial charge in [-0.3, -0.25) is 9.59 Å². The van der Waals surface area contributed by atoms with Crippen LogP contribution < -0.4 is 5.32 Å². The number of benzene rings is 1. The fraction of sp³-hybridized carbons (Fsp3) is 0.350. The van der Waals surface area contributed by atoms with Crippen LogP contribution >= 0.6 is 0 Å². The molecule has 0 unspecified atom stereocenters. The Balaban J connectivity index is 1.63. The molecular weight excluding hydrogens is 348 g/mol. The van der Waals surface area contributed by atoms with E-state index in [1.54, 1.807) is 29.2 Å². The van der Waals surface area contributed by atoms with Gasteiger partial charge < -0.3 is 19.4 Å². The van der Waals surface area contributed by atoms with Gasteiger partial charge in [0.05, 0.1) is 17.5 Å². The van der Waals surface area contributed by atoms with Gasteiger partial charge >= 0.3 is 5.97 Å². The second-order valence-electron chi connectivity index (χ2n) is 6.49. The largest absolute Gasteiger partial charge is 0.459 e. The third kappa shape index (κ3) is 4.55. The zero-order chi connectivity index (χ0) is 19.2. The number of ether oxygens (including phenoxy) is 1. The summed E-state index contributed by atoms with van der Waals surface area (Å²) in [5, 5.41) is 2.62. The molecule has 2 heterocycles. The van der Waals surface area contributed by atoms with Crippen molar-refractivity contribution in [3.05, 3.63) is 54.0 Å². The van der Waals surface area contributed by atoms with Crippen LogP contribution in [0.5, 0.6) is 0 Å². The van der Waals surface area contributed by atoms with E-state index >= 15 is 0 Å². The maximum atomic E-state index is 12.4. The average molecular weight is 370 g/mol. The summed E-state index contributed by atoms with van der Waals surface area (Å²) in [6.45, 7) is 2.37. The molecule has 0 spiro atoms. The summed E-state index contributed by atoms with van der Waals surface area (Å²) in [4.78, 5) is 38.7. The predicted molar refractivity (Wildman–Crippen MR) is 98.4 cm³/mol. The number of anilines is 1. The summed E-state index contributed by atoms with van der Waals surface area (Å²) >= 11 is 0. The molecule has 1 saturated heterocycles. The molecule has 1 aliphatic rings. The van der Waals surface area contributed by atoms with Gasteiger partial charge in [-0.1, -0.05) is 12.1 Å². The van der Waals surface area contributed by atoms with E-state index < -0.39 is 11.9 Å². The maximum absolute atomic E-state index is 12.4. The molecule has 27 heavy (non-hydrogen) atoms. The van der Waals surface area contributed by atoms with E-state index in [1.807, 2.05) is 6.92 Å². The number of furan rings is 1. The first-order chi connectivity index (χ1) is 13.1. The zero-order valence-electron chi connectivity index (χ0n) is 15.1. The summed E-state index contributed by atoms with van der Waals surface area (Å²) in [5.74, 6) is -1.21. The molecular formula is C20H22N2O5. The second-order valence-corrected chi connectivity index (χ2v) is 6.49. The van der Waals surface area contributed by atoms with Crippen molar-refractivity contribution in [2.24, 2.45) is 0 Å². The van der Waals surface area contributed by atoms with E-state index in [0.717, 1.165) is 19.3 Å². The van der Waals surface area contributed by atoms with Crippen molar-refractivity contribution in [2.75, 3.05) is 18.5 Å². The van der Waals surface area contributed by atoms with Crippen molar-refractivity contribution in [3.63, 3.8) is 0 Å². The molecule has 0 aliphatic carbocycles. The number of amides is 2. The van der Waals surface area contributed by atoms with Crippen LogP contribution in [0.25, 0.3) is 0 Å².